The molecule has 0 N–H and O–H groups in total. The summed E-state index contributed by atoms with van der Waals surface area (Å²) in [5.74, 6) is 1.43. The van der Waals surface area contributed by atoms with Crippen molar-refractivity contribution in [1.29, 1.82) is 0 Å². The summed E-state index contributed by atoms with van der Waals surface area (Å²) in [5, 5.41) is 2.26. The van der Waals surface area contributed by atoms with Gasteiger partial charge in [0.15, 0.2) is 0 Å². The van der Waals surface area contributed by atoms with Crippen molar-refractivity contribution in [3.05, 3.63) is 36.2 Å². The highest BCUT2D eigenvalue weighted by atomic mass is 16.5. The van der Waals surface area contributed by atoms with Crippen LogP contribution in [0.1, 0.15) is 25.3 Å². The van der Waals surface area contributed by atoms with Crippen molar-refractivity contribution in [3.63, 3.8) is 0 Å². The first-order chi connectivity index (χ1) is 7.22. The molecule has 0 radical (unpaired) electrons. The van der Waals surface area contributed by atoms with Crippen molar-refractivity contribution in [2.24, 2.45) is 0 Å². The van der Waals surface area contributed by atoms with E-state index in [9.17, 15) is 0 Å². The Balaban J connectivity index is 2.71. The highest BCUT2D eigenvalue weighted by Crippen LogP contribution is 2.29. The van der Waals surface area contributed by atoms with E-state index in [0.717, 1.165) is 16.5 Å². The summed E-state index contributed by atoms with van der Waals surface area (Å²) in [6.07, 6.45) is 3.67. The molecule has 1 aromatic carbocycles. The molecule has 0 fully saturated rings. The van der Waals surface area contributed by atoms with Crippen molar-refractivity contribution in [3.8, 4) is 5.75 Å². The van der Waals surface area contributed by atoms with E-state index < -0.39 is 0 Å². The van der Waals surface area contributed by atoms with Crippen LogP contribution in [-0.4, -0.2) is 12.1 Å². The van der Waals surface area contributed by atoms with Gasteiger partial charge in [0.2, 0.25) is 0 Å². The molecule has 15 heavy (non-hydrogen) atoms. The van der Waals surface area contributed by atoms with E-state index in [1.54, 1.807) is 13.3 Å². The van der Waals surface area contributed by atoms with E-state index in [2.05, 4.69) is 31.0 Å². The highest BCUT2D eigenvalue weighted by Gasteiger charge is 2.06. The molecule has 0 aliphatic carbocycles. The van der Waals surface area contributed by atoms with Gasteiger partial charge in [-0.05, 0) is 29.7 Å². The van der Waals surface area contributed by atoms with Gasteiger partial charge in [-0.2, -0.15) is 0 Å². The number of methoxy groups -OCH3 is 1. The van der Waals surface area contributed by atoms with Gasteiger partial charge in [0.1, 0.15) is 5.75 Å². The molecule has 0 aliphatic rings. The van der Waals surface area contributed by atoms with Gasteiger partial charge in [0.05, 0.1) is 7.11 Å². The maximum atomic E-state index is 5.39. The van der Waals surface area contributed by atoms with Gasteiger partial charge < -0.3 is 4.74 Å². The molecule has 0 spiro atoms. The van der Waals surface area contributed by atoms with Crippen molar-refractivity contribution in [2.75, 3.05) is 7.11 Å². The van der Waals surface area contributed by atoms with Crippen LogP contribution >= 0.6 is 0 Å². The van der Waals surface area contributed by atoms with Crippen molar-refractivity contribution < 1.29 is 4.74 Å². The number of ether oxygens (including phenoxy) is 1. The number of aromatic nitrogens is 1. The summed E-state index contributed by atoms with van der Waals surface area (Å²) in [6, 6.07) is 6.26. The quantitative estimate of drug-likeness (QED) is 0.743. The minimum atomic E-state index is 0.503. The molecular weight excluding hydrogens is 186 g/mol. The predicted molar refractivity (Wildman–Crippen MR) is 62.4 cm³/mol. The van der Waals surface area contributed by atoms with Crippen molar-refractivity contribution >= 4 is 10.8 Å². The Kier molecular flexibility index (Phi) is 2.58. The number of hydrogen-bond acceptors (Lipinski definition) is 2. The minimum absolute atomic E-state index is 0.503. The second kappa shape index (κ2) is 3.89. The smallest absolute Gasteiger partial charge is 0.127 e. The maximum Gasteiger partial charge on any atom is 0.127 e. The molecule has 0 saturated carbocycles. The Bertz CT molecular complexity index is 477. The Morgan fingerprint density at radius 3 is 2.73 bits per heavy atom. The zero-order valence-corrected chi connectivity index (χ0v) is 9.32. The lowest BCUT2D eigenvalue weighted by Gasteiger charge is -2.11. The number of hydrogen-bond donors (Lipinski definition) is 0. The Morgan fingerprint density at radius 1 is 1.27 bits per heavy atom. The Morgan fingerprint density at radius 2 is 2.07 bits per heavy atom. The molecule has 0 amide bonds. The Labute approximate surface area is 89.9 Å². The van der Waals surface area contributed by atoms with Gasteiger partial charge >= 0.3 is 0 Å². The van der Waals surface area contributed by atoms with Crippen LogP contribution in [0.4, 0.5) is 0 Å². The topological polar surface area (TPSA) is 22.1 Å². The van der Waals surface area contributed by atoms with Gasteiger partial charge in [-0.3, -0.25) is 4.98 Å². The van der Waals surface area contributed by atoms with Crippen LogP contribution in [0.25, 0.3) is 10.8 Å². The highest BCUT2D eigenvalue weighted by molar-refractivity contribution is 5.88. The number of nitrogens with zero attached hydrogens (tertiary/aromatic N) is 1. The molecule has 2 heteroatoms. The second-order valence-corrected chi connectivity index (χ2v) is 3.97. The fraction of sp³-hybridized carbons (Fsp3) is 0.308. The monoisotopic (exact) mass is 201 g/mol. The Hall–Kier alpha value is -1.57. The van der Waals surface area contributed by atoms with Crippen LogP contribution < -0.4 is 4.74 Å². The largest absolute Gasteiger partial charge is 0.496 e. The van der Waals surface area contributed by atoms with Crippen LogP contribution in [0.3, 0.4) is 0 Å². The fourth-order valence-electron chi connectivity index (χ4n) is 1.70. The van der Waals surface area contributed by atoms with Crippen LogP contribution in [0, 0.1) is 0 Å². The van der Waals surface area contributed by atoms with E-state index >= 15 is 0 Å². The van der Waals surface area contributed by atoms with Gasteiger partial charge in [0.25, 0.3) is 0 Å². The molecule has 0 aliphatic heterocycles. The van der Waals surface area contributed by atoms with Crippen LogP contribution in [-0.2, 0) is 0 Å². The summed E-state index contributed by atoms with van der Waals surface area (Å²) >= 11 is 0. The molecule has 2 nitrogen and oxygen atoms in total. The first kappa shape index (κ1) is 9.97. The first-order valence-corrected chi connectivity index (χ1v) is 5.14. The lowest BCUT2D eigenvalue weighted by Crippen LogP contribution is -1.92. The van der Waals surface area contributed by atoms with Crippen LogP contribution in [0.5, 0.6) is 5.75 Å². The summed E-state index contributed by atoms with van der Waals surface area (Å²) in [5.41, 5.74) is 1.28. The molecule has 2 rings (SSSR count). The van der Waals surface area contributed by atoms with Gasteiger partial charge in [-0.1, -0.05) is 13.8 Å². The van der Waals surface area contributed by atoms with Crippen LogP contribution in [0.15, 0.2) is 30.6 Å². The maximum absolute atomic E-state index is 5.39. The second-order valence-electron chi connectivity index (χ2n) is 3.97. The molecule has 0 saturated heterocycles. The molecule has 0 bridgehead atoms. The van der Waals surface area contributed by atoms with E-state index in [0.29, 0.717) is 5.92 Å². The van der Waals surface area contributed by atoms with Crippen molar-refractivity contribution in [2.45, 2.75) is 19.8 Å². The summed E-state index contributed by atoms with van der Waals surface area (Å²) in [7, 11) is 1.71. The zero-order chi connectivity index (χ0) is 10.8. The first-order valence-electron chi connectivity index (χ1n) is 5.14. The minimum Gasteiger partial charge on any atom is -0.496 e. The predicted octanol–water partition coefficient (Wildman–Crippen LogP) is 3.37. The molecule has 78 valence electrons. The number of benzene rings is 1. The number of pyridine rings is 1. The van der Waals surface area contributed by atoms with Gasteiger partial charge in [-0.25, -0.2) is 0 Å². The average Bonchev–Trinajstić information content (AvgIpc) is 2.27. The average molecular weight is 201 g/mol. The molecule has 0 atom stereocenters. The summed E-state index contributed by atoms with van der Waals surface area (Å²) < 4.78 is 5.39. The SMILES string of the molecule is COc1cc(C(C)C)cc2cnccc12. The van der Waals surface area contributed by atoms with Crippen LogP contribution in [0.2, 0.25) is 0 Å². The number of rotatable bonds is 2. The third-order valence-corrected chi connectivity index (χ3v) is 2.62. The molecular formula is C13H15NO. The summed E-state index contributed by atoms with van der Waals surface area (Å²) in [4.78, 5) is 4.13. The lowest BCUT2D eigenvalue weighted by molar-refractivity contribution is 0.419. The third-order valence-electron chi connectivity index (χ3n) is 2.62. The van der Waals surface area contributed by atoms with Crippen molar-refractivity contribution in [1.82, 2.24) is 4.98 Å². The van der Waals surface area contributed by atoms with E-state index in [-0.39, 0.29) is 0 Å². The van der Waals surface area contributed by atoms with E-state index in [4.69, 9.17) is 4.74 Å². The van der Waals surface area contributed by atoms with Gasteiger partial charge in [-0.15, -0.1) is 0 Å². The molecule has 1 heterocycles. The van der Waals surface area contributed by atoms with Gasteiger partial charge in [0, 0.05) is 23.2 Å². The normalized spacial score (nSPS) is 10.9. The standard InChI is InChI=1S/C13H15NO/c1-9(2)10-6-11-8-14-5-4-12(11)13(7-10)15-3/h4-9H,1-3H3. The third kappa shape index (κ3) is 1.80. The molecule has 2 aromatic rings. The lowest BCUT2D eigenvalue weighted by atomic mass is 9.99. The van der Waals surface area contributed by atoms with E-state index in [1.165, 1.54) is 5.56 Å². The number of fused-ring (bicyclic) bond motifs is 1. The molecule has 0 unspecified atom stereocenters. The summed E-state index contributed by atoms with van der Waals surface area (Å²) in [6.45, 7) is 4.36. The zero-order valence-electron chi connectivity index (χ0n) is 9.32. The fourth-order valence-corrected chi connectivity index (χ4v) is 1.70. The molecule has 1 aromatic heterocycles. The van der Waals surface area contributed by atoms with E-state index in [1.807, 2.05) is 12.3 Å².